The second-order valence-corrected chi connectivity index (χ2v) is 7.66. The molecule has 0 unspecified atom stereocenters. The highest BCUT2D eigenvalue weighted by Crippen LogP contribution is 2.44. The molecule has 0 radical (unpaired) electrons. The summed E-state index contributed by atoms with van der Waals surface area (Å²) in [6.07, 6.45) is 0. The summed E-state index contributed by atoms with van der Waals surface area (Å²) in [5.74, 6) is 0.806. The lowest BCUT2D eigenvalue weighted by Crippen LogP contribution is -2.35. The van der Waals surface area contributed by atoms with Crippen LogP contribution in [0.5, 0.6) is 5.75 Å². The van der Waals surface area contributed by atoms with E-state index in [1.54, 1.807) is 31.2 Å². The first-order valence-corrected chi connectivity index (χ1v) is 9.64. The van der Waals surface area contributed by atoms with Crippen molar-refractivity contribution in [3.63, 3.8) is 0 Å². The van der Waals surface area contributed by atoms with Crippen LogP contribution < -0.4 is 4.74 Å². The Hall–Kier alpha value is -2.47. The zero-order valence-electron chi connectivity index (χ0n) is 15.9. The molecule has 2 fully saturated rings. The molecule has 0 spiro atoms. The second-order valence-electron chi connectivity index (χ2n) is 7.66. The van der Waals surface area contributed by atoms with Gasteiger partial charge in [0.25, 0.3) is 0 Å². The van der Waals surface area contributed by atoms with Crippen LogP contribution in [-0.2, 0) is 4.79 Å². The van der Waals surface area contributed by atoms with E-state index in [1.807, 2.05) is 11.0 Å². The largest absolute Gasteiger partial charge is 0.492 e. The molecule has 148 valence electrons. The highest BCUT2D eigenvalue weighted by molar-refractivity contribution is 5.74. The van der Waals surface area contributed by atoms with E-state index >= 15 is 0 Å². The summed E-state index contributed by atoms with van der Waals surface area (Å²) in [4.78, 5) is 16.4. The van der Waals surface area contributed by atoms with E-state index in [9.17, 15) is 13.6 Å². The number of likely N-dealkylation sites (tertiary alicyclic amines) is 2. The minimum Gasteiger partial charge on any atom is -0.492 e. The van der Waals surface area contributed by atoms with Gasteiger partial charge in [0, 0.05) is 39.0 Å². The maximum absolute atomic E-state index is 13.8. The fourth-order valence-corrected chi connectivity index (χ4v) is 4.59. The van der Waals surface area contributed by atoms with E-state index in [0.717, 1.165) is 25.2 Å². The maximum atomic E-state index is 13.8. The molecule has 2 aliphatic heterocycles. The minimum absolute atomic E-state index is 0.0369. The topological polar surface area (TPSA) is 32.8 Å². The fourth-order valence-electron chi connectivity index (χ4n) is 4.59. The molecular weight excluding hydrogens is 362 g/mol. The summed E-state index contributed by atoms with van der Waals surface area (Å²) in [5.41, 5.74) is 0.868. The number of carbonyl (C=O) groups is 1. The maximum Gasteiger partial charge on any atom is 0.219 e. The molecule has 4 rings (SSSR count). The lowest BCUT2D eigenvalue weighted by molar-refractivity contribution is -0.130. The van der Waals surface area contributed by atoms with Crippen LogP contribution in [0.3, 0.4) is 0 Å². The standard InChI is InChI=1S/C22H24F2N2O2/c1-15(27)26-13-17-12-25(9-10-28-20-7-5-18(23)6-8-20)14-21(17)22(26)16-3-2-4-19(24)11-16/h2-8,11,17,21-22H,9-10,12-14H2,1H3/t17-,21-,22+/m1/s1. The molecule has 1 amide bonds. The van der Waals surface area contributed by atoms with Crippen LogP contribution >= 0.6 is 0 Å². The van der Waals surface area contributed by atoms with Crippen LogP contribution in [0.15, 0.2) is 48.5 Å². The highest BCUT2D eigenvalue weighted by atomic mass is 19.1. The zero-order chi connectivity index (χ0) is 19.7. The Morgan fingerprint density at radius 1 is 1.07 bits per heavy atom. The number of carbonyl (C=O) groups excluding carboxylic acids is 1. The Morgan fingerprint density at radius 2 is 1.86 bits per heavy atom. The third kappa shape index (κ3) is 3.87. The molecule has 0 N–H and O–H groups in total. The number of hydrogen-bond acceptors (Lipinski definition) is 3. The molecule has 0 saturated carbocycles. The normalized spacial score (nSPS) is 24.4. The second kappa shape index (κ2) is 7.87. The van der Waals surface area contributed by atoms with Gasteiger partial charge in [-0.3, -0.25) is 9.69 Å². The molecule has 2 aromatic rings. The third-order valence-corrected chi connectivity index (χ3v) is 5.82. The first-order chi connectivity index (χ1) is 13.5. The summed E-state index contributed by atoms with van der Waals surface area (Å²) in [6.45, 7) is 5.32. The van der Waals surface area contributed by atoms with Crippen LogP contribution in [0.25, 0.3) is 0 Å². The van der Waals surface area contributed by atoms with Crippen LogP contribution in [-0.4, -0.2) is 48.5 Å². The van der Waals surface area contributed by atoms with Gasteiger partial charge >= 0.3 is 0 Å². The molecule has 2 aromatic carbocycles. The lowest BCUT2D eigenvalue weighted by atomic mass is 9.89. The lowest BCUT2D eigenvalue weighted by Gasteiger charge is -2.29. The van der Waals surface area contributed by atoms with E-state index in [2.05, 4.69) is 4.90 Å². The van der Waals surface area contributed by atoms with E-state index < -0.39 is 0 Å². The van der Waals surface area contributed by atoms with Crippen molar-refractivity contribution in [2.45, 2.75) is 13.0 Å². The van der Waals surface area contributed by atoms with Gasteiger partial charge in [-0.15, -0.1) is 0 Å². The molecular formula is C22H24F2N2O2. The summed E-state index contributed by atoms with van der Waals surface area (Å²) in [5, 5.41) is 0. The molecule has 3 atom stereocenters. The van der Waals surface area contributed by atoms with Gasteiger partial charge in [-0.1, -0.05) is 12.1 Å². The molecule has 2 heterocycles. The van der Waals surface area contributed by atoms with Crippen LogP contribution in [0, 0.1) is 23.5 Å². The number of amides is 1. The van der Waals surface area contributed by atoms with E-state index in [4.69, 9.17) is 4.74 Å². The van der Waals surface area contributed by atoms with Crippen molar-refractivity contribution in [2.75, 3.05) is 32.8 Å². The Morgan fingerprint density at radius 3 is 2.57 bits per heavy atom. The molecule has 0 aromatic heterocycles. The van der Waals surface area contributed by atoms with Gasteiger partial charge < -0.3 is 9.64 Å². The van der Waals surface area contributed by atoms with Gasteiger partial charge in [-0.2, -0.15) is 0 Å². The Kier molecular flexibility index (Phi) is 5.31. The average Bonchev–Trinajstić information content (AvgIpc) is 3.20. The van der Waals surface area contributed by atoms with Crippen molar-refractivity contribution in [2.24, 2.45) is 11.8 Å². The highest BCUT2D eigenvalue weighted by Gasteiger charge is 2.48. The van der Waals surface area contributed by atoms with E-state index in [-0.39, 0.29) is 29.5 Å². The predicted molar refractivity (Wildman–Crippen MR) is 102 cm³/mol. The van der Waals surface area contributed by atoms with Gasteiger partial charge in [0.15, 0.2) is 0 Å². The molecule has 0 aliphatic carbocycles. The number of rotatable bonds is 5. The van der Waals surface area contributed by atoms with Gasteiger partial charge in [-0.05, 0) is 47.9 Å². The summed E-state index contributed by atoms with van der Waals surface area (Å²) < 4.78 is 32.4. The quantitative estimate of drug-likeness (QED) is 0.789. The van der Waals surface area contributed by atoms with E-state index in [1.165, 1.54) is 18.2 Å². The molecule has 0 bridgehead atoms. The Balaban J connectivity index is 1.40. The molecule has 4 nitrogen and oxygen atoms in total. The van der Waals surface area contributed by atoms with Crippen LogP contribution in [0.2, 0.25) is 0 Å². The van der Waals surface area contributed by atoms with Gasteiger partial charge in [0.05, 0.1) is 6.04 Å². The van der Waals surface area contributed by atoms with Crippen LogP contribution in [0.1, 0.15) is 18.5 Å². The number of fused-ring (bicyclic) bond motifs is 1. The van der Waals surface area contributed by atoms with Crippen molar-refractivity contribution in [1.29, 1.82) is 0 Å². The number of benzene rings is 2. The average molecular weight is 386 g/mol. The van der Waals surface area contributed by atoms with Crippen molar-refractivity contribution in [3.05, 3.63) is 65.7 Å². The molecule has 28 heavy (non-hydrogen) atoms. The zero-order valence-corrected chi connectivity index (χ0v) is 15.9. The Bertz CT molecular complexity index is 843. The minimum atomic E-state index is -0.280. The van der Waals surface area contributed by atoms with Gasteiger partial charge in [0.1, 0.15) is 24.0 Å². The van der Waals surface area contributed by atoms with E-state index in [0.29, 0.717) is 24.8 Å². The molecule has 2 saturated heterocycles. The summed E-state index contributed by atoms with van der Waals surface area (Å²) in [7, 11) is 0. The van der Waals surface area contributed by atoms with Crippen LogP contribution in [0.4, 0.5) is 8.78 Å². The number of halogens is 2. The molecule has 6 heteroatoms. The van der Waals surface area contributed by atoms with Crippen molar-refractivity contribution >= 4 is 5.91 Å². The summed E-state index contributed by atoms with van der Waals surface area (Å²) >= 11 is 0. The number of nitrogens with zero attached hydrogens (tertiary/aromatic N) is 2. The molecule has 2 aliphatic rings. The van der Waals surface area contributed by atoms with Crippen molar-refractivity contribution < 1.29 is 18.3 Å². The van der Waals surface area contributed by atoms with Gasteiger partial charge in [-0.25, -0.2) is 8.78 Å². The monoisotopic (exact) mass is 386 g/mol. The SMILES string of the molecule is CC(=O)N1C[C@H]2CN(CCOc3ccc(F)cc3)C[C@H]2[C@@H]1c1cccc(F)c1. The first-order valence-electron chi connectivity index (χ1n) is 9.64. The van der Waals surface area contributed by atoms with Gasteiger partial charge in [0.2, 0.25) is 5.91 Å². The third-order valence-electron chi connectivity index (χ3n) is 5.82. The number of hydrogen-bond donors (Lipinski definition) is 0. The summed E-state index contributed by atoms with van der Waals surface area (Å²) in [6, 6.07) is 12.5. The first kappa shape index (κ1) is 18.9. The predicted octanol–water partition coefficient (Wildman–Crippen LogP) is 3.50. The van der Waals surface area contributed by atoms with Crippen molar-refractivity contribution in [3.8, 4) is 5.75 Å². The fraction of sp³-hybridized carbons (Fsp3) is 0.409. The smallest absolute Gasteiger partial charge is 0.219 e. The van der Waals surface area contributed by atoms with Crippen molar-refractivity contribution in [1.82, 2.24) is 9.80 Å². The Labute approximate surface area is 163 Å². The number of ether oxygens (including phenoxy) is 1.